The lowest BCUT2D eigenvalue weighted by atomic mass is 9.82. The minimum absolute atomic E-state index is 0.0829. The van der Waals surface area contributed by atoms with E-state index in [0.717, 1.165) is 16.3 Å². The molecule has 2 aromatic carbocycles. The molecule has 0 aliphatic carbocycles. The second kappa shape index (κ2) is 6.55. The molecule has 0 radical (unpaired) electrons. The van der Waals surface area contributed by atoms with Crippen molar-refractivity contribution in [1.29, 1.82) is 0 Å². The number of allylic oxidation sites excluding steroid dienone is 1. The molecule has 0 bridgehead atoms. The van der Waals surface area contributed by atoms with Crippen LogP contribution in [0.15, 0.2) is 60.3 Å². The highest BCUT2D eigenvalue weighted by Crippen LogP contribution is 2.47. The largest absolute Gasteiger partial charge is 0.347 e. The van der Waals surface area contributed by atoms with E-state index in [2.05, 4.69) is 24.8 Å². The van der Waals surface area contributed by atoms with Gasteiger partial charge >= 0.3 is 0 Å². The third kappa shape index (κ3) is 2.90. The van der Waals surface area contributed by atoms with Gasteiger partial charge < -0.3 is 4.90 Å². The summed E-state index contributed by atoms with van der Waals surface area (Å²) >= 11 is 0. The number of para-hydroxylation sites is 1. The van der Waals surface area contributed by atoms with Crippen molar-refractivity contribution in [3.8, 4) is 0 Å². The van der Waals surface area contributed by atoms with Gasteiger partial charge in [0, 0.05) is 42.4 Å². The number of nitro benzene ring substituents is 1. The van der Waals surface area contributed by atoms with Crippen LogP contribution in [0.5, 0.6) is 0 Å². The van der Waals surface area contributed by atoms with E-state index in [1.54, 1.807) is 0 Å². The lowest BCUT2D eigenvalue weighted by Gasteiger charge is -2.25. The van der Waals surface area contributed by atoms with Gasteiger partial charge in [0.15, 0.2) is 0 Å². The molecule has 0 aromatic heterocycles. The molecule has 7 heteroatoms. The fourth-order valence-electron chi connectivity index (χ4n) is 4.27. The summed E-state index contributed by atoms with van der Waals surface area (Å²) in [5.74, 6) is -1.18. The highest BCUT2D eigenvalue weighted by Gasteiger charge is 2.43. The maximum absolute atomic E-state index is 13.0. The van der Waals surface area contributed by atoms with Crippen LogP contribution in [0.3, 0.4) is 0 Å². The van der Waals surface area contributed by atoms with E-state index in [0.29, 0.717) is 5.69 Å². The number of carbonyl (C=O) groups is 2. The number of imide groups is 1. The smallest absolute Gasteiger partial charge is 0.269 e. The number of fused-ring (bicyclic) bond motifs is 1. The number of hydrogen-bond acceptors (Lipinski definition) is 5. The highest BCUT2D eigenvalue weighted by atomic mass is 16.6. The van der Waals surface area contributed by atoms with E-state index in [4.69, 9.17) is 0 Å². The molecule has 0 spiro atoms. The first-order valence-corrected chi connectivity index (χ1v) is 9.38. The number of nitro groups is 1. The molecule has 1 atom stereocenters. The summed E-state index contributed by atoms with van der Waals surface area (Å²) in [6.45, 7) is 4.22. The van der Waals surface area contributed by atoms with Crippen LogP contribution in [-0.4, -0.2) is 23.8 Å². The van der Waals surface area contributed by atoms with Crippen molar-refractivity contribution >= 4 is 28.9 Å². The number of amides is 2. The van der Waals surface area contributed by atoms with Gasteiger partial charge in [0.1, 0.15) is 0 Å². The van der Waals surface area contributed by atoms with Crippen molar-refractivity contribution in [2.24, 2.45) is 5.92 Å². The summed E-state index contributed by atoms with van der Waals surface area (Å²) in [5.41, 5.74) is 3.24. The Balaban J connectivity index is 1.65. The first-order chi connectivity index (χ1) is 13.7. The maximum Gasteiger partial charge on any atom is 0.269 e. The lowest BCUT2D eigenvalue weighted by molar-refractivity contribution is -0.384. The zero-order chi connectivity index (χ0) is 20.9. The number of anilines is 2. The second-order valence-electron chi connectivity index (χ2n) is 7.90. The molecule has 29 heavy (non-hydrogen) atoms. The van der Waals surface area contributed by atoms with E-state index in [1.165, 1.54) is 29.8 Å². The van der Waals surface area contributed by atoms with Crippen LogP contribution in [0.4, 0.5) is 17.1 Å². The first-order valence-electron chi connectivity index (χ1n) is 9.38. The van der Waals surface area contributed by atoms with Crippen molar-refractivity contribution in [2.75, 3.05) is 16.8 Å². The Labute approximate surface area is 168 Å². The van der Waals surface area contributed by atoms with Crippen LogP contribution < -0.4 is 9.80 Å². The Bertz CT molecular complexity index is 1060. The molecule has 2 amide bonds. The molecule has 1 fully saturated rings. The van der Waals surface area contributed by atoms with E-state index >= 15 is 0 Å². The molecular weight excluding hydrogens is 370 g/mol. The SMILES string of the molecule is CN1/C(=C/[C@@H]2CC(=O)N(c3ccc([N+](=O)[O-])cc3)C2=O)C(C)(C)c2ccccc21. The van der Waals surface area contributed by atoms with E-state index in [1.807, 2.05) is 31.3 Å². The van der Waals surface area contributed by atoms with Crippen LogP contribution in [0.25, 0.3) is 0 Å². The van der Waals surface area contributed by atoms with Crippen molar-refractivity contribution in [3.05, 3.63) is 76.0 Å². The summed E-state index contributed by atoms with van der Waals surface area (Å²) < 4.78 is 0. The van der Waals surface area contributed by atoms with Crippen molar-refractivity contribution in [2.45, 2.75) is 25.7 Å². The predicted molar refractivity (Wildman–Crippen MR) is 110 cm³/mol. The third-order valence-electron chi connectivity index (χ3n) is 5.80. The van der Waals surface area contributed by atoms with Gasteiger partial charge in [-0.15, -0.1) is 0 Å². The molecule has 2 heterocycles. The summed E-state index contributed by atoms with van der Waals surface area (Å²) in [5, 5.41) is 10.8. The van der Waals surface area contributed by atoms with Gasteiger partial charge in [-0.2, -0.15) is 0 Å². The average Bonchev–Trinajstić information content (AvgIpc) is 3.08. The summed E-state index contributed by atoms with van der Waals surface area (Å²) in [7, 11) is 1.97. The van der Waals surface area contributed by atoms with Crippen molar-refractivity contribution in [1.82, 2.24) is 0 Å². The Hall–Kier alpha value is -3.48. The van der Waals surface area contributed by atoms with Gasteiger partial charge in [-0.3, -0.25) is 24.6 Å². The molecule has 2 aromatic rings. The molecule has 0 saturated carbocycles. The molecule has 148 valence electrons. The molecule has 2 aliphatic rings. The zero-order valence-corrected chi connectivity index (χ0v) is 16.5. The predicted octanol–water partition coefficient (Wildman–Crippen LogP) is 3.79. The fourth-order valence-corrected chi connectivity index (χ4v) is 4.27. The molecular formula is C22H21N3O4. The summed E-state index contributed by atoms with van der Waals surface area (Å²) in [6.07, 6.45) is 1.98. The Morgan fingerprint density at radius 2 is 1.76 bits per heavy atom. The van der Waals surface area contributed by atoms with Gasteiger partial charge in [0.2, 0.25) is 11.8 Å². The number of rotatable bonds is 3. The maximum atomic E-state index is 13.0. The minimum Gasteiger partial charge on any atom is -0.347 e. The van der Waals surface area contributed by atoms with Crippen LogP contribution in [-0.2, 0) is 15.0 Å². The van der Waals surface area contributed by atoms with Gasteiger partial charge in [-0.05, 0) is 23.8 Å². The topological polar surface area (TPSA) is 83.8 Å². The lowest BCUT2D eigenvalue weighted by Crippen LogP contribution is -2.31. The van der Waals surface area contributed by atoms with Crippen LogP contribution >= 0.6 is 0 Å². The Morgan fingerprint density at radius 3 is 2.38 bits per heavy atom. The number of benzene rings is 2. The molecule has 1 saturated heterocycles. The van der Waals surface area contributed by atoms with Crippen molar-refractivity contribution in [3.63, 3.8) is 0 Å². The Kier molecular flexibility index (Phi) is 4.26. The average molecular weight is 391 g/mol. The quantitative estimate of drug-likeness (QED) is 0.452. The van der Waals surface area contributed by atoms with Gasteiger partial charge in [-0.25, -0.2) is 0 Å². The molecule has 7 nitrogen and oxygen atoms in total. The number of likely N-dealkylation sites (N-methyl/N-ethyl adjacent to an activating group) is 1. The van der Waals surface area contributed by atoms with Crippen LogP contribution in [0, 0.1) is 16.0 Å². The summed E-state index contributed by atoms with van der Waals surface area (Å²) in [6, 6.07) is 13.6. The van der Waals surface area contributed by atoms with Gasteiger partial charge in [-0.1, -0.05) is 38.1 Å². The third-order valence-corrected chi connectivity index (χ3v) is 5.80. The monoisotopic (exact) mass is 391 g/mol. The molecule has 0 unspecified atom stereocenters. The van der Waals surface area contributed by atoms with E-state index in [-0.39, 0.29) is 29.3 Å². The molecule has 0 N–H and O–H groups in total. The van der Waals surface area contributed by atoms with Crippen molar-refractivity contribution < 1.29 is 14.5 Å². The van der Waals surface area contributed by atoms with E-state index in [9.17, 15) is 19.7 Å². The van der Waals surface area contributed by atoms with Gasteiger partial charge in [0.05, 0.1) is 16.5 Å². The fraction of sp³-hybridized carbons (Fsp3) is 0.273. The first kappa shape index (κ1) is 18.9. The Morgan fingerprint density at radius 1 is 1.10 bits per heavy atom. The number of nitrogens with zero attached hydrogens (tertiary/aromatic N) is 3. The van der Waals surface area contributed by atoms with Gasteiger partial charge in [0.25, 0.3) is 5.69 Å². The highest BCUT2D eigenvalue weighted by molar-refractivity contribution is 6.21. The number of carbonyl (C=O) groups excluding carboxylic acids is 2. The normalized spacial score (nSPS) is 21.8. The van der Waals surface area contributed by atoms with Crippen LogP contribution in [0.2, 0.25) is 0 Å². The minimum atomic E-state index is -0.566. The second-order valence-corrected chi connectivity index (χ2v) is 7.90. The van der Waals surface area contributed by atoms with E-state index < -0.39 is 10.8 Å². The number of hydrogen-bond donors (Lipinski definition) is 0. The van der Waals surface area contributed by atoms with Crippen LogP contribution in [0.1, 0.15) is 25.8 Å². The zero-order valence-electron chi connectivity index (χ0n) is 16.5. The molecule has 4 rings (SSSR count). The summed E-state index contributed by atoms with van der Waals surface area (Å²) in [4.78, 5) is 39.1. The standard InChI is InChI=1S/C22H21N3O4/c1-22(2)17-6-4-5-7-18(17)23(3)19(22)12-14-13-20(26)24(21(14)27)15-8-10-16(11-9-15)25(28)29/h4-12,14H,13H2,1-3H3/b19-12+/t14-/m1/s1. The number of non-ortho nitro benzene ring substituents is 1. The molecule has 2 aliphatic heterocycles.